The number of phenols is 1. The van der Waals surface area contributed by atoms with Crippen LogP contribution in [-0.4, -0.2) is 39.4 Å². The Morgan fingerprint density at radius 1 is 1.42 bits per heavy atom. The van der Waals surface area contributed by atoms with Crippen LogP contribution < -0.4 is 5.32 Å². The molecule has 0 spiro atoms. The van der Waals surface area contributed by atoms with E-state index in [1.165, 1.54) is 0 Å². The van der Waals surface area contributed by atoms with Gasteiger partial charge in [0.25, 0.3) is 6.01 Å². The number of piperidine rings is 1. The molecule has 0 bridgehead atoms. The van der Waals surface area contributed by atoms with Crippen LogP contribution in [0.15, 0.2) is 22.6 Å². The van der Waals surface area contributed by atoms with E-state index in [4.69, 9.17) is 9.15 Å². The number of fused-ring (bicyclic) bond motifs is 1. The Morgan fingerprint density at radius 3 is 2.92 bits per heavy atom. The Bertz CT molecular complexity index is 735. The summed E-state index contributed by atoms with van der Waals surface area (Å²) in [6.07, 6.45) is 2.13. The van der Waals surface area contributed by atoms with E-state index in [1.54, 1.807) is 23.1 Å². The number of carbonyl (C=O) groups is 1. The molecule has 24 heavy (non-hydrogen) atoms. The minimum absolute atomic E-state index is 0.0423. The van der Waals surface area contributed by atoms with Gasteiger partial charge in [0, 0.05) is 6.54 Å². The summed E-state index contributed by atoms with van der Waals surface area (Å²) in [4.78, 5) is 18.4. The van der Waals surface area contributed by atoms with Crippen LogP contribution in [0.4, 0.5) is 10.8 Å². The molecule has 1 amide bonds. The van der Waals surface area contributed by atoms with Gasteiger partial charge in [-0.05, 0) is 52.2 Å². The van der Waals surface area contributed by atoms with E-state index in [2.05, 4.69) is 10.3 Å². The van der Waals surface area contributed by atoms with E-state index in [-0.39, 0.29) is 24.0 Å². The summed E-state index contributed by atoms with van der Waals surface area (Å²) in [6.45, 7) is 6.17. The topological polar surface area (TPSA) is 87.8 Å². The van der Waals surface area contributed by atoms with E-state index < -0.39 is 5.60 Å². The Labute approximate surface area is 140 Å². The first-order valence-corrected chi connectivity index (χ1v) is 8.18. The smallest absolute Gasteiger partial charge is 0.411 e. The van der Waals surface area contributed by atoms with E-state index in [9.17, 15) is 9.90 Å². The van der Waals surface area contributed by atoms with Crippen molar-refractivity contribution < 1.29 is 19.1 Å². The fraction of sp³-hybridized carbons (Fsp3) is 0.529. The van der Waals surface area contributed by atoms with Gasteiger partial charge in [0.15, 0.2) is 11.3 Å². The van der Waals surface area contributed by atoms with Crippen molar-refractivity contribution in [2.45, 2.75) is 51.8 Å². The van der Waals surface area contributed by atoms with E-state index in [1.807, 2.05) is 20.8 Å². The standard InChI is InChI=1S/C17H23N3O4/c1-17(2,3)24-16(22)20-10-5-4-9-13(20)19-15-18-11-7-6-8-12(21)14(11)23-15/h6-8,13,21H,4-5,9-10H2,1-3H3,(H,18,19). The van der Waals surface area contributed by atoms with Crippen LogP contribution in [0.5, 0.6) is 5.75 Å². The molecule has 1 unspecified atom stereocenters. The van der Waals surface area contributed by atoms with Gasteiger partial charge in [-0.1, -0.05) is 6.07 Å². The number of amides is 1. The highest BCUT2D eigenvalue weighted by Crippen LogP contribution is 2.29. The van der Waals surface area contributed by atoms with Crippen LogP contribution in [0, 0.1) is 0 Å². The highest BCUT2D eigenvalue weighted by Gasteiger charge is 2.31. The van der Waals surface area contributed by atoms with Gasteiger partial charge in [-0.2, -0.15) is 4.98 Å². The molecule has 7 heteroatoms. The minimum atomic E-state index is -0.539. The molecule has 3 rings (SSSR count). The van der Waals surface area contributed by atoms with Gasteiger partial charge in [-0.15, -0.1) is 0 Å². The number of nitrogens with one attached hydrogen (secondary N) is 1. The van der Waals surface area contributed by atoms with Crippen molar-refractivity contribution in [3.8, 4) is 5.75 Å². The predicted octanol–water partition coefficient (Wildman–Crippen LogP) is 3.69. The lowest BCUT2D eigenvalue weighted by Gasteiger charge is -2.36. The second-order valence-electron chi connectivity index (χ2n) is 6.97. The Morgan fingerprint density at radius 2 is 2.21 bits per heavy atom. The number of para-hydroxylation sites is 1. The quantitative estimate of drug-likeness (QED) is 0.871. The number of phenolic OH excluding ortho intramolecular Hbond substituents is 1. The molecule has 2 aromatic rings. The van der Waals surface area contributed by atoms with Crippen LogP contribution in [0.25, 0.3) is 11.1 Å². The minimum Gasteiger partial charge on any atom is -0.504 e. The molecule has 1 aliphatic rings. The average molecular weight is 333 g/mol. The molecular weight excluding hydrogens is 310 g/mol. The summed E-state index contributed by atoms with van der Waals surface area (Å²) in [5, 5.41) is 13.0. The lowest BCUT2D eigenvalue weighted by molar-refractivity contribution is 0.0128. The highest BCUT2D eigenvalue weighted by molar-refractivity contribution is 5.80. The van der Waals surface area contributed by atoms with Crippen LogP contribution in [0.1, 0.15) is 40.0 Å². The molecule has 1 aromatic carbocycles. The molecular formula is C17H23N3O4. The first kappa shape index (κ1) is 16.4. The first-order valence-electron chi connectivity index (χ1n) is 8.18. The van der Waals surface area contributed by atoms with Gasteiger partial charge >= 0.3 is 6.09 Å². The number of oxazole rings is 1. The van der Waals surface area contributed by atoms with E-state index >= 15 is 0 Å². The van der Waals surface area contributed by atoms with Gasteiger partial charge < -0.3 is 19.6 Å². The number of rotatable bonds is 2. The molecule has 2 N–H and O–H groups in total. The lowest BCUT2D eigenvalue weighted by atomic mass is 10.1. The number of anilines is 1. The van der Waals surface area contributed by atoms with Crippen molar-refractivity contribution in [2.24, 2.45) is 0 Å². The molecule has 0 radical (unpaired) electrons. The lowest BCUT2D eigenvalue weighted by Crippen LogP contribution is -2.49. The van der Waals surface area contributed by atoms with Crippen LogP contribution in [-0.2, 0) is 4.74 Å². The van der Waals surface area contributed by atoms with Gasteiger partial charge in [-0.3, -0.25) is 4.90 Å². The SMILES string of the molecule is CC(C)(C)OC(=O)N1CCCCC1Nc1nc2cccc(O)c2o1. The molecule has 2 heterocycles. The maximum Gasteiger partial charge on any atom is 0.411 e. The fourth-order valence-electron chi connectivity index (χ4n) is 2.76. The number of hydrogen-bond acceptors (Lipinski definition) is 6. The molecule has 0 saturated carbocycles. The van der Waals surface area contributed by atoms with E-state index in [0.29, 0.717) is 17.6 Å². The largest absolute Gasteiger partial charge is 0.504 e. The number of aromatic hydroxyl groups is 1. The molecule has 1 aliphatic heterocycles. The molecule has 1 saturated heterocycles. The summed E-state index contributed by atoms with van der Waals surface area (Å²) in [7, 11) is 0. The van der Waals surface area contributed by atoms with Crippen molar-refractivity contribution >= 4 is 23.2 Å². The number of carbonyl (C=O) groups excluding carboxylic acids is 1. The zero-order chi connectivity index (χ0) is 17.3. The predicted molar refractivity (Wildman–Crippen MR) is 89.9 cm³/mol. The van der Waals surface area contributed by atoms with Gasteiger partial charge in [0.05, 0.1) is 0 Å². The summed E-state index contributed by atoms with van der Waals surface area (Å²) < 4.78 is 11.1. The third-order valence-electron chi connectivity index (χ3n) is 3.82. The third-order valence-corrected chi connectivity index (χ3v) is 3.82. The van der Waals surface area contributed by atoms with Crippen molar-refractivity contribution in [3.63, 3.8) is 0 Å². The second kappa shape index (κ2) is 6.22. The van der Waals surface area contributed by atoms with Crippen molar-refractivity contribution in [2.75, 3.05) is 11.9 Å². The van der Waals surface area contributed by atoms with Crippen LogP contribution >= 0.6 is 0 Å². The van der Waals surface area contributed by atoms with Gasteiger partial charge in [-0.25, -0.2) is 4.79 Å². The molecule has 7 nitrogen and oxygen atoms in total. The fourth-order valence-corrected chi connectivity index (χ4v) is 2.76. The normalized spacial score (nSPS) is 18.6. The molecule has 1 fully saturated rings. The maximum absolute atomic E-state index is 12.4. The molecule has 1 aromatic heterocycles. The monoisotopic (exact) mass is 333 g/mol. The Hall–Kier alpha value is -2.44. The summed E-state index contributed by atoms with van der Waals surface area (Å²) >= 11 is 0. The van der Waals surface area contributed by atoms with Crippen molar-refractivity contribution in [3.05, 3.63) is 18.2 Å². The van der Waals surface area contributed by atoms with Gasteiger partial charge in [0.1, 0.15) is 17.3 Å². The van der Waals surface area contributed by atoms with Crippen molar-refractivity contribution in [1.29, 1.82) is 0 Å². The number of likely N-dealkylation sites (tertiary alicyclic amines) is 1. The number of nitrogens with zero attached hydrogens (tertiary/aromatic N) is 2. The number of hydrogen-bond donors (Lipinski definition) is 2. The average Bonchev–Trinajstić information content (AvgIpc) is 2.90. The zero-order valence-electron chi connectivity index (χ0n) is 14.2. The Balaban J connectivity index is 1.77. The zero-order valence-corrected chi connectivity index (χ0v) is 14.2. The number of benzene rings is 1. The molecule has 0 aliphatic carbocycles. The summed E-state index contributed by atoms with van der Waals surface area (Å²) in [6, 6.07) is 5.30. The third kappa shape index (κ3) is 3.55. The second-order valence-corrected chi connectivity index (χ2v) is 6.97. The highest BCUT2D eigenvalue weighted by atomic mass is 16.6. The number of aromatic nitrogens is 1. The Kier molecular flexibility index (Phi) is 4.26. The molecule has 130 valence electrons. The van der Waals surface area contributed by atoms with E-state index in [0.717, 1.165) is 19.3 Å². The van der Waals surface area contributed by atoms with Crippen LogP contribution in [0.2, 0.25) is 0 Å². The molecule has 1 atom stereocenters. The first-order chi connectivity index (χ1) is 11.3. The summed E-state index contributed by atoms with van der Waals surface area (Å²) in [5.74, 6) is 0.0423. The number of ether oxygens (including phenoxy) is 1. The van der Waals surface area contributed by atoms with Crippen LogP contribution in [0.3, 0.4) is 0 Å². The summed E-state index contributed by atoms with van der Waals surface area (Å²) in [5.41, 5.74) is 0.361. The van der Waals surface area contributed by atoms with Crippen molar-refractivity contribution in [1.82, 2.24) is 9.88 Å². The maximum atomic E-state index is 12.4. The van der Waals surface area contributed by atoms with Gasteiger partial charge in [0.2, 0.25) is 0 Å².